The molecule has 0 bridgehead atoms. The van der Waals surface area contributed by atoms with Crippen LogP contribution in [0.15, 0.2) is 0 Å². The van der Waals surface area contributed by atoms with Crippen molar-refractivity contribution in [1.82, 2.24) is 10.2 Å². The molecule has 4 nitrogen and oxygen atoms in total. The maximum atomic E-state index is 12.7. The first kappa shape index (κ1) is 13.9. The van der Waals surface area contributed by atoms with Gasteiger partial charge in [0.15, 0.2) is 0 Å². The van der Waals surface area contributed by atoms with E-state index in [0.29, 0.717) is 18.9 Å². The summed E-state index contributed by atoms with van der Waals surface area (Å²) < 4.78 is 0. The predicted octanol–water partition coefficient (Wildman–Crippen LogP) is 1.80. The Labute approximate surface area is 121 Å². The van der Waals surface area contributed by atoms with Crippen LogP contribution < -0.4 is 5.32 Å². The second kappa shape index (κ2) is 5.38. The molecule has 1 heterocycles. The fourth-order valence-corrected chi connectivity index (χ4v) is 3.47. The van der Waals surface area contributed by atoms with Crippen molar-refractivity contribution in [2.45, 2.75) is 52.0 Å². The maximum Gasteiger partial charge on any atom is 0.245 e. The summed E-state index contributed by atoms with van der Waals surface area (Å²) >= 11 is 0. The van der Waals surface area contributed by atoms with Crippen molar-refractivity contribution in [2.75, 3.05) is 13.1 Å². The van der Waals surface area contributed by atoms with E-state index in [-0.39, 0.29) is 23.8 Å². The quantitative estimate of drug-likeness (QED) is 0.833. The lowest BCUT2D eigenvalue weighted by Crippen LogP contribution is -2.49. The fourth-order valence-electron chi connectivity index (χ4n) is 3.47. The van der Waals surface area contributed by atoms with Gasteiger partial charge in [-0.1, -0.05) is 13.8 Å². The summed E-state index contributed by atoms with van der Waals surface area (Å²) in [7, 11) is 0. The van der Waals surface area contributed by atoms with Crippen LogP contribution in [0, 0.1) is 23.7 Å². The minimum atomic E-state index is -0.330. The van der Waals surface area contributed by atoms with Gasteiger partial charge in [0.25, 0.3) is 0 Å². The first-order chi connectivity index (χ1) is 9.56. The Kier molecular flexibility index (Phi) is 3.74. The monoisotopic (exact) mass is 278 g/mol. The highest BCUT2D eigenvalue weighted by Gasteiger charge is 2.43. The lowest BCUT2D eigenvalue weighted by atomic mass is 9.96. The number of carbonyl (C=O) groups excluding carboxylic acids is 2. The van der Waals surface area contributed by atoms with Gasteiger partial charge in [-0.3, -0.25) is 9.59 Å². The zero-order valence-corrected chi connectivity index (χ0v) is 12.6. The molecule has 0 aromatic heterocycles. The molecule has 0 radical (unpaired) electrons. The first-order valence-electron chi connectivity index (χ1n) is 8.14. The molecule has 0 aromatic rings. The van der Waals surface area contributed by atoms with Crippen LogP contribution in [0.4, 0.5) is 0 Å². The van der Waals surface area contributed by atoms with Gasteiger partial charge in [0.05, 0.1) is 0 Å². The second-order valence-electron chi connectivity index (χ2n) is 7.16. The van der Waals surface area contributed by atoms with Gasteiger partial charge in [0.2, 0.25) is 11.8 Å². The maximum absolute atomic E-state index is 12.7. The van der Waals surface area contributed by atoms with Crippen molar-refractivity contribution in [3.63, 3.8) is 0 Å². The van der Waals surface area contributed by atoms with Crippen molar-refractivity contribution >= 4 is 11.8 Å². The van der Waals surface area contributed by atoms with Gasteiger partial charge in [0, 0.05) is 19.5 Å². The van der Waals surface area contributed by atoms with E-state index < -0.39 is 0 Å². The molecule has 1 unspecified atom stereocenters. The van der Waals surface area contributed by atoms with Crippen LogP contribution in [0.25, 0.3) is 0 Å². The minimum Gasteiger partial charge on any atom is -0.344 e. The largest absolute Gasteiger partial charge is 0.344 e. The second-order valence-corrected chi connectivity index (χ2v) is 7.16. The van der Waals surface area contributed by atoms with Crippen LogP contribution in [0.2, 0.25) is 0 Å². The Hall–Kier alpha value is -1.06. The van der Waals surface area contributed by atoms with Crippen LogP contribution in [-0.4, -0.2) is 35.8 Å². The number of rotatable bonds is 5. The van der Waals surface area contributed by atoms with Gasteiger partial charge in [-0.05, 0) is 49.4 Å². The van der Waals surface area contributed by atoms with Gasteiger partial charge in [-0.15, -0.1) is 0 Å². The highest BCUT2D eigenvalue weighted by Crippen LogP contribution is 2.49. The van der Waals surface area contributed by atoms with Crippen LogP contribution in [0.5, 0.6) is 0 Å². The van der Waals surface area contributed by atoms with E-state index in [1.165, 1.54) is 25.7 Å². The third-order valence-electron chi connectivity index (χ3n) is 5.06. The van der Waals surface area contributed by atoms with Gasteiger partial charge in [-0.25, -0.2) is 0 Å². The summed E-state index contributed by atoms with van der Waals surface area (Å²) in [5.74, 6) is 2.71. The van der Waals surface area contributed by atoms with Crippen molar-refractivity contribution in [1.29, 1.82) is 0 Å². The SMILES string of the molecule is CC(C)C1NC(=O)CCN(CC(C2CC2)C2CC2)C1=O. The summed E-state index contributed by atoms with van der Waals surface area (Å²) in [6.45, 7) is 5.49. The number of hydrogen-bond acceptors (Lipinski definition) is 2. The Bertz CT molecular complexity index is 387. The molecule has 0 aromatic carbocycles. The van der Waals surface area contributed by atoms with Gasteiger partial charge < -0.3 is 10.2 Å². The van der Waals surface area contributed by atoms with Crippen LogP contribution >= 0.6 is 0 Å². The molecule has 3 rings (SSSR count). The number of hydrogen-bond donors (Lipinski definition) is 1. The number of nitrogens with one attached hydrogen (secondary N) is 1. The third-order valence-corrected chi connectivity index (χ3v) is 5.06. The van der Waals surface area contributed by atoms with Gasteiger partial charge in [0.1, 0.15) is 6.04 Å². The van der Waals surface area contributed by atoms with Crippen molar-refractivity contribution in [2.24, 2.45) is 23.7 Å². The standard InChI is InChI=1S/C16H26N2O2/c1-10(2)15-16(20)18(8-7-14(19)17-15)9-13(11-3-4-11)12-5-6-12/h10-13,15H,3-9H2,1-2H3,(H,17,19). The zero-order valence-electron chi connectivity index (χ0n) is 12.6. The topological polar surface area (TPSA) is 49.4 Å². The Morgan fingerprint density at radius 1 is 1.15 bits per heavy atom. The molecule has 112 valence electrons. The highest BCUT2D eigenvalue weighted by atomic mass is 16.2. The van der Waals surface area contributed by atoms with Crippen LogP contribution in [0.1, 0.15) is 46.0 Å². The zero-order chi connectivity index (χ0) is 14.3. The molecule has 1 saturated heterocycles. The summed E-state index contributed by atoms with van der Waals surface area (Å²) in [4.78, 5) is 26.4. The van der Waals surface area contributed by atoms with E-state index in [1.54, 1.807) is 0 Å². The average Bonchev–Trinajstić information content (AvgIpc) is 3.26. The molecule has 1 N–H and O–H groups in total. The van der Waals surface area contributed by atoms with E-state index in [1.807, 2.05) is 18.7 Å². The Morgan fingerprint density at radius 2 is 1.75 bits per heavy atom. The molecule has 1 aliphatic heterocycles. The third kappa shape index (κ3) is 2.99. The molecule has 3 aliphatic rings. The summed E-state index contributed by atoms with van der Waals surface area (Å²) in [6.07, 6.45) is 5.82. The fraction of sp³-hybridized carbons (Fsp3) is 0.875. The van der Waals surface area contributed by atoms with E-state index >= 15 is 0 Å². The molecule has 2 saturated carbocycles. The van der Waals surface area contributed by atoms with Crippen molar-refractivity contribution < 1.29 is 9.59 Å². The number of nitrogens with zero attached hydrogens (tertiary/aromatic N) is 1. The van der Waals surface area contributed by atoms with Gasteiger partial charge >= 0.3 is 0 Å². The Morgan fingerprint density at radius 3 is 2.25 bits per heavy atom. The van der Waals surface area contributed by atoms with Crippen molar-refractivity contribution in [3.05, 3.63) is 0 Å². The predicted molar refractivity (Wildman–Crippen MR) is 76.9 cm³/mol. The molecule has 2 amide bonds. The summed E-state index contributed by atoms with van der Waals surface area (Å²) in [5, 5.41) is 2.89. The van der Waals surface area contributed by atoms with Crippen LogP contribution in [0.3, 0.4) is 0 Å². The van der Waals surface area contributed by atoms with E-state index in [2.05, 4.69) is 5.32 Å². The van der Waals surface area contributed by atoms with E-state index in [4.69, 9.17) is 0 Å². The lowest BCUT2D eigenvalue weighted by molar-refractivity contribution is -0.135. The van der Waals surface area contributed by atoms with Crippen molar-refractivity contribution in [3.8, 4) is 0 Å². The highest BCUT2D eigenvalue weighted by molar-refractivity contribution is 5.90. The minimum absolute atomic E-state index is 0.0222. The lowest BCUT2D eigenvalue weighted by Gasteiger charge is -2.29. The smallest absolute Gasteiger partial charge is 0.245 e. The molecule has 1 atom stereocenters. The number of carbonyl (C=O) groups is 2. The average molecular weight is 278 g/mol. The van der Waals surface area contributed by atoms with E-state index in [9.17, 15) is 9.59 Å². The summed E-state index contributed by atoms with van der Waals surface area (Å²) in [6, 6.07) is -0.330. The molecule has 0 spiro atoms. The normalized spacial score (nSPS) is 28.0. The molecule has 3 fully saturated rings. The number of amides is 2. The molecule has 4 heteroatoms. The van der Waals surface area contributed by atoms with E-state index in [0.717, 1.165) is 18.4 Å². The molecular weight excluding hydrogens is 252 g/mol. The first-order valence-corrected chi connectivity index (χ1v) is 8.14. The molecular formula is C16H26N2O2. The van der Waals surface area contributed by atoms with Gasteiger partial charge in [-0.2, -0.15) is 0 Å². The Balaban J connectivity index is 1.69. The van der Waals surface area contributed by atoms with Crippen LogP contribution in [-0.2, 0) is 9.59 Å². The molecule has 20 heavy (non-hydrogen) atoms. The molecule has 2 aliphatic carbocycles. The summed E-state index contributed by atoms with van der Waals surface area (Å²) in [5.41, 5.74) is 0.